The van der Waals surface area contributed by atoms with Gasteiger partial charge in [0, 0.05) is 25.7 Å². The van der Waals surface area contributed by atoms with E-state index in [1.165, 1.54) is 28.8 Å². The second-order valence-electron chi connectivity index (χ2n) is 10.2. The topological polar surface area (TPSA) is 110 Å². The molecule has 0 saturated carbocycles. The van der Waals surface area contributed by atoms with Crippen molar-refractivity contribution in [3.8, 4) is 17.1 Å². The summed E-state index contributed by atoms with van der Waals surface area (Å²) in [5.41, 5.74) is 7.99. The quantitative estimate of drug-likeness (QED) is 0.332. The summed E-state index contributed by atoms with van der Waals surface area (Å²) in [5.74, 6) is -0.396. The Morgan fingerprint density at radius 2 is 1.98 bits per heavy atom. The number of pyridine rings is 2. The molecule has 9 nitrogen and oxygen atoms in total. The minimum absolute atomic E-state index is 0.0758. The van der Waals surface area contributed by atoms with Crippen LogP contribution < -0.4 is 16.3 Å². The van der Waals surface area contributed by atoms with Crippen LogP contribution in [0.4, 0.5) is 16.0 Å². The van der Waals surface area contributed by atoms with E-state index < -0.39 is 11.5 Å². The van der Waals surface area contributed by atoms with Gasteiger partial charge < -0.3 is 15.5 Å². The molecule has 0 bridgehead atoms. The van der Waals surface area contributed by atoms with Crippen molar-refractivity contribution in [2.75, 3.05) is 30.3 Å². The van der Waals surface area contributed by atoms with Gasteiger partial charge in [0.25, 0.3) is 0 Å². The number of fused-ring (bicyclic) bond motifs is 1. The molecule has 11 heteroatoms. The second-order valence-corrected chi connectivity index (χ2v) is 10.6. The Morgan fingerprint density at radius 1 is 1.20 bits per heavy atom. The fourth-order valence-electron chi connectivity index (χ4n) is 5.43. The number of hydrogen-bond acceptors (Lipinski definition) is 7. The third-order valence-electron chi connectivity index (χ3n) is 7.34. The Morgan fingerprint density at radius 3 is 2.68 bits per heavy atom. The highest BCUT2D eigenvalue weighted by molar-refractivity contribution is 6.33. The first-order chi connectivity index (χ1) is 19.6. The summed E-state index contributed by atoms with van der Waals surface area (Å²) in [6, 6.07) is 9.99. The van der Waals surface area contributed by atoms with Gasteiger partial charge in [-0.15, -0.1) is 0 Å². The summed E-state index contributed by atoms with van der Waals surface area (Å²) < 4.78 is 17.3. The zero-order valence-corrected chi connectivity index (χ0v) is 24.0. The highest BCUT2D eigenvalue weighted by Crippen LogP contribution is 2.34. The van der Waals surface area contributed by atoms with E-state index in [0.29, 0.717) is 36.5 Å². The molecule has 1 aliphatic rings. The zero-order valence-electron chi connectivity index (χ0n) is 23.2. The number of amides is 1. The molecule has 0 radical (unpaired) electrons. The molecule has 1 fully saturated rings. The molecule has 212 valence electrons. The van der Waals surface area contributed by atoms with E-state index in [-0.39, 0.29) is 39.8 Å². The molecule has 4 aromatic rings. The highest BCUT2D eigenvalue weighted by atomic mass is 35.5. The zero-order chi connectivity index (χ0) is 29.4. The first kappa shape index (κ1) is 28.2. The number of aryl methyl sites for hydroxylation is 2. The van der Waals surface area contributed by atoms with E-state index in [0.717, 1.165) is 24.0 Å². The molecule has 2 N–H and O–H groups in total. The number of anilines is 2. The Balaban J connectivity index is 1.81. The minimum Gasteiger partial charge on any atom is -0.384 e. The molecule has 41 heavy (non-hydrogen) atoms. The number of rotatable bonds is 6. The van der Waals surface area contributed by atoms with E-state index in [2.05, 4.69) is 23.5 Å². The van der Waals surface area contributed by atoms with Gasteiger partial charge in [-0.3, -0.25) is 4.79 Å². The minimum atomic E-state index is -0.683. The first-order valence-corrected chi connectivity index (χ1v) is 13.8. The standard InChI is InChI=1S/C30H31ClFN7O2/c1-5-8-19-10-7-9-17(3)27(19)39-29-20(15-22(32)26(35-29)25-21(31)11-12-23(33)34-25)28(36-30(39)41)38-14-13-37(16-18(38)4)24(40)6-2/h6-7,9-12,15,18H,2,5,8,13-14,16H2,1,3-4H3,(H2,33,34)/t18-/m0/s1. The van der Waals surface area contributed by atoms with Crippen LogP contribution in [0.5, 0.6) is 0 Å². The van der Waals surface area contributed by atoms with Gasteiger partial charge in [0.15, 0.2) is 11.5 Å². The molecule has 1 aliphatic heterocycles. The monoisotopic (exact) mass is 575 g/mol. The van der Waals surface area contributed by atoms with E-state index in [9.17, 15) is 9.59 Å². The van der Waals surface area contributed by atoms with Crippen molar-refractivity contribution in [1.29, 1.82) is 0 Å². The van der Waals surface area contributed by atoms with Crippen molar-refractivity contribution in [1.82, 2.24) is 24.4 Å². The molecule has 1 atom stereocenters. The number of piperazine rings is 1. The Labute approximate surface area is 242 Å². The number of carbonyl (C=O) groups is 1. The Hall–Kier alpha value is -4.31. The predicted molar refractivity (Wildman–Crippen MR) is 160 cm³/mol. The number of benzene rings is 1. The lowest BCUT2D eigenvalue weighted by atomic mass is 10.0. The number of nitrogen functional groups attached to an aromatic ring is 1. The van der Waals surface area contributed by atoms with Crippen molar-refractivity contribution in [2.45, 2.75) is 39.7 Å². The van der Waals surface area contributed by atoms with Crippen LogP contribution in [0.1, 0.15) is 31.4 Å². The van der Waals surface area contributed by atoms with Gasteiger partial charge in [-0.1, -0.05) is 49.7 Å². The van der Waals surface area contributed by atoms with E-state index in [1.807, 2.05) is 36.9 Å². The van der Waals surface area contributed by atoms with Crippen molar-refractivity contribution in [3.63, 3.8) is 0 Å². The van der Waals surface area contributed by atoms with Crippen LogP contribution >= 0.6 is 11.6 Å². The van der Waals surface area contributed by atoms with Crippen molar-refractivity contribution >= 4 is 40.2 Å². The van der Waals surface area contributed by atoms with Crippen molar-refractivity contribution in [3.05, 3.63) is 81.5 Å². The van der Waals surface area contributed by atoms with Crippen molar-refractivity contribution in [2.24, 2.45) is 0 Å². The van der Waals surface area contributed by atoms with Crippen LogP contribution in [0, 0.1) is 12.7 Å². The Kier molecular flexibility index (Phi) is 7.77. The van der Waals surface area contributed by atoms with Crippen molar-refractivity contribution < 1.29 is 9.18 Å². The molecule has 0 unspecified atom stereocenters. The lowest BCUT2D eigenvalue weighted by Gasteiger charge is -2.40. The first-order valence-electron chi connectivity index (χ1n) is 13.5. The van der Waals surface area contributed by atoms with Gasteiger partial charge in [0.05, 0.1) is 16.1 Å². The molecular formula is C30H31ClFN7O2. The molecule has 1 saturated heterocycles. The van der Waals surface area contributed by atoms with Crippen LogP contribution in [0.2, 0.25) is 5.02 Å². The third-order valence-corrected chi connectivity index (χ3v) is 7.65. The number of nitrogens with zero attached hydrogens (tertiary/aromatic N) is 6. The third kappa shape index (κ3) is 5.15. The lowest BCUT2D eigenvalue weighted by Crippen LogP contribution is -2.54. The number of para-hydroxylation sites is 1. The highest BCUT2D eigenvalue weighted by Gasteiger charge is 2.30. The van der Waals surface area contributed by atoms with Crippen LogP contribution in [-0.2, 0) is 11.2 Å². The normalized spacial score (nSPS) is 15.4. The molecular weight excluding hydrogens is 545 g/mol. The lowest BCUT2D eigenvalue weighted by molar-refractivity contribution is -0.126. The van der Waals surface area contributed by atoms with Gasteiger partial charge in [-0.05, 0) is 55.7 Å². The Bertz CT molecular complexity index is 1740. The maximum Gasteiger partial charge on any atom is 0.355 e. The number of hydrogen-bond donors (Lipinski definition) is 1. The van der Waals surface area contributed by atoms with Gasteiger partial charge >= 0.3 is 5.69 Å². The summed E-state index contributed by atoms with van der Waals surface area (Å²) in [5, 5.41) is 0.527. The average Bonchev–Trinajstić information content (AvgIpc) is 2.94. The number of halogens is 2. The van der Waals surface area contributed by atoms with Crippen LogP contribution in [0.15, 0.2) is 53.8 Å². The predicted octanol–water partition coefficient (Wildman–Crippen LogP) is 4.70. The fourth-order valence-corrected chi connectivity index (χ4v) is 5.62. The summed E-state index contributed by atoms with van der Waals surface area (Å²) in [7, 11) is 0. The summed E-state index contributed by atoms with van der Waals surface area (Å²) >= 11 is 6.40. The summed E-state index contributed by atoms with van der Waals surface area (Å²) in [6.07, 6.45) is 2.86. The fraction of sp³-hybridized carbons (Fsp3) is 0.300. The number of carbonyl (C=O) groups excluding carboxylic acids is 1. The van der Waals surface area contributed by atoms with Gasteiger partial charge in [-0.2, -0.15) is 4.98 Å². The summed E-state index contributed by atoms with van der Waals surface area (Å²) in [6.45, 7) is 10.7. The molecule has 1 amide bonds. The van der Waals surface area contributed by atoms with E-state index in [4.69, 9.17) is 22.3 Å². The van der Waals surface area contributed by atoms with Gasteiger partial charge in [0.1, 0.15) is 23.0 Å². The number of aromatic nitrogens is 4. The maximum absolute atomic E-state index is 15.9. The molecule has 5 rings (SSSR count). The largest absolute Gasteiger partial charge is 0.384 e. The smallest absolute Gasteiger partial charge is 0.355 e. The van der Waals surface area contributed by atoms with E-state index >= 15 is 4.39 Å². The summed E-state index contributed by atoms with van der Waals surface area (Å²) in [4.78, 5) is 43.2. The van der Waals surface area contributed by atoms with Gasteiger partial charge in [-0.25, -0.2) is 23.7 Å². The number of nitrogens with two attached hydrogens (primary N) is 1. The maximum atomic E-state index is 15.9. The second kappa shape index (κ2) is 11.3. The molecule has 4 heterocycles. The SMILES string of the molecule is C=CC(=O)N1CCN(c2nc(=O)n(-c3c(C)cccc3CCC)c3nc(-c4nc(N)ccc4Cl)c(F)cc23)[C@@H](C)C1. The molecule has 0 spiro atoms. The average molecular weight is 576 g/mol. The van der Waals surface area contributed by atoms with Gasteiger partial charge in [0.2, 0.25) is 5.91 Å². The van der Waals surface area contributed by atoms with Crippen LogP contribution in [-0.4, -0.2) is 56.0 Å². The molecule has 3 aromatic heterocycles. The van der Waals surface area contributed by atoms with E-state index in [1.54, 1.807) is 4.90 Å². The molecule has 0 aliphatic carbocycles. The molecule has 1 aromatic carbocycles. The van der Waals surface area contributed by atoms with Crippen LogP contribution in [0.3, 0.4) is 0 Å². The van der Waals surface area contributed by atoms with Crippen LogP contribution in [0.25, 0.3) is 28.1 Å².